The van der Waals surface area contributed by atoms with E-state index in [2.05, 4.69) is 10.2 Å². The van der Waals surface area contributed by atoms with Gasteiger partial charge in [0.05, 0.1) is 5.75 Å². The Balaban J connectivity index is 1.99. The van der Waals surface area contributed by atoms with E-state index in [1.165, 1.54) is 4.31 Å². The zero-order valence-electron chi connectivity index (χ0n) is 12.0. The van der Waals surface area contributed by atoms with Crippen LogP contribution in [0.4, 0.5) is 8.78 Å². The van der Waals surface area contributed by atoms with E-state index in [0.29, 0.717) is 13.1 Å². The van der Waals surface area contributed by atoms with Gasteiger partial charge in [-0.05, 0) is 24.8 Å². The summed E-state index contributed by atoms with van der Waals surface area (Å²) in [5.74, 6) is -0.656. The summed E-state index contributed by atoms with van der Waals surface area (Å²) in [7, 11) is -3.49. The van der Waals surface area contributed by atoms with Crippen molar-refractivity contribution in [3.63, 3.8) is 0 Å². The largest absolute Gasteiger partial charge is 0.282 e. The maximum atomic E-state index is 12.3. The molecule has 0 amide bonds. The molecule has 2 unspecified atom stereocenters. The zero-order valence-corrected chi connectivity index (χ0v) is 12.8. The molecule has 5 nitrogen and oxygen atoms in total. The minimum absolute atomic E-state index is 0.0985. The highest BCUT2D eigenvalue weighted by molar-refractivity contribution is 7.89. The van der Waals surface area contributed by atoms with Crippen molar-refractivity contribution in [1.82, 2.24) is 14.5 Å². The van der Waals surface area contributed by atoms with Crippen molar-refractivity contribution in [2.24, 2.45) is 5.92 Å². The van der Waals surface area contributed by atoms with E-state index in [1.807, 2.05) is 6.07 Å². The first-order valence-electron chi connectivity index (χ1n) is 7.13. The Labute approximate surface area is 123 Å². The molecule has 1 aromatic rings. The number of rotatable bonds is 6. The molecule has 0 saturated carbocycles. The molecular formula is C13H21F2N3O2S. The van der Waals surface area contributed by atoms with E-state index in [-0.39, 0.29) is 18.1 Å². The third kappa shape index (κ3) is 4.47. The molecular weight excluding hydrogens is 300 g/mol. The van der Waals surface area contributed by atoms with Crippen LogP contribution < -0.4 is 0 Å². The monoisotopic (exact) mass is 321 g/mol. The summed E-state index contributed by atoms with van der Waals surface area (Å²) in [5, 5.41) is 6.76. The average Bonchev–Trinajstić information content (AvgIpc) is 2.91. The molecule has 0 aromatic carbocycles. The van der Waals surface area contributed by atoms with Gasteiger partial charge in [-0.2, -0.15) is 5.10 Å². The van der Waals surface area contributed by atoms with Crippen molar-refractivity contribution in [3.05, 3.63) is 18.0 Å². The lowest BCUT2D eigenvalue weighted by Gasteiger charge is -2.32. The first-order chi connectivity index (χ1) is 9.88. The summed E-state index contributed by atoms with van der Waals surface area (Å²) < 4.78 is 50.8. The fourth-order valence-electron chi connectivity index (χ4n) is 2.78. The van der Waals surface area contributed by atoms with Crippen LogP contribution in [0.5, 0.6) is 0 Å². The van der Waals surface area contributed by atoms with Gasteiger partial charge in [0.15, 0.2) is 0 Å². The van der Waals surface area contributed by atoms with E-state index < -0.39 is 22.4 Å². The number of piperidine rings is 1. The molecule has 2 rings (SSSR count). The number of sulfonamides is 1. The molecule has 0 radical (unpaired) electrons. The van der Waals surface area contributed by atoms with E-state index in [1.54, 1.807) is 13.1 Å². The van der Waals surface area contributed by atoms with Gasteiger partial charge in [-0.15, -0.1) is 0 Å². The molecule has 0 aliphatic carbocycles. The van der Waals surface area contributed by atoms with Gasteiger partial charge in [0, 0.05) is 37.3 Å². The maximum Gasteiger partial charge on any atom is 0.238 e. The molecule has 0 bridgehead atoms. The Morgan fingerprint density at radius 3 is 2.90 bits per heavy atom. The van der Waals surface area contributed by atoms with Crippen LogP contribution in [0, 0.1) is 5.92 Å². The van der Waals surface area contributed by atoms with Gasteiger partial charge in [0.25, 0.3) is 0 Å². The van der Waals surface area contributed by atoms with Crippen molar-refractivity contribution in [1.29, 1.82) is 0 Å². The Morgan fingerprint density at radius 2 is 2.29 bits per heavy atom. The second kappa shape index (κ2) is 6.83. The lowest BCUT2D eigenvalue weighted by molar-refractivity contribution is 0.121. The van der Waals surface area contributed by atoms with Gasteiger partial charge >= 0.3 is 0 Å². The summed E-state index contributed by atoms with van der Waals surface area (Å²) in [6, 6.07) is 1.85. The second-order valence-corrected chi connectivity index (χ2v) is 7.73. The van der Waals surface area contributed by atoms with Crippen molar-refractivity contribution in [3.8, 4) is 0 Å². The molecule has 2 heterocycles. The van der Waals surface area contributed by atoms with Crippen molar-refractivity contribution in [2.45, 2.75) is 38.5 Å². The third-order valence-corrected chi connectivity index (χ3v) is 5.92. The first-order valence-corrected chi connectivity index (χ1v) is 8.74. The van der Waals surface area contributed by atoms with Crippen LogP contribution in [-0.4, -0.2) is 48.2 Å². The number of nitrogens with one attached hydrogen (secondary N) is 1. The number of H-pyrrole nitrogens is 1. The Morgan fingerprint density at radius 1 is 1.52 bits per heavy atom. The molecule has 2 atom stereocenters. The van der Waals surface area contributed by atoms with Crippen molar-refractivity contribution >= 4 is 10.0 Å². The highest BCUT2D eigenvalue weighted by Crippen LogP contribution is 2.27. The van der Waals surface area contributed by atoms with Crippen molar-refractivity contribution in [2.75, 3.05) is 18.8 Å². The van der Waals surface area contributed by atoms with E-state index in [0.717, 1.165) is 18.5 Å². The van der Waals surface area contributed by atoms with Gasteiger partial charge in [0.1, 0.15) is 0 Å². The molecule has 1 aromatic heterocycles. The maximum absolute atomic E-state index is 12.3. The highest BCUT2D eigenvalue weighted by Gasteiger charge is 2.31. The minimum Gasteiger partial charge on any atom is -0.282 e. The number of alkyl halides is 2. The fraction of sp³-hybridized carbons (Fsp3) is 0.769. The summed E-state index contributed by atoms with van der Waals surface area (Å²) >= 11 is 0. The molecule has 1 aliphatic rings. The predicted octanol–water partition coefficient (Wildman–Crippen LogP) is 2.21. The fourth-order valence-corrected chi connectivity index (χ4v) is 4.66. The van der Waals surface area contributed by atoms with E-state index >= 15 is 0 Å². The SMILES string of the molecule is CC(CC(F)F)CS(=O)(=O)N1CCCC(c2ccn[nH]2)C1. The molecule has 8 heteroatoms. The first kappa shape index (κ1) is 16.4. The van der Waals surface area contributed by atoms with Crippen LogP contribution in [0.25, 0.3) is 0 Å². The van der Waals surface area contributed by atoms with Crippen LogP contribution in [0.1, 0.15) is 37.8 Å². The molecule has 1 fully saturated rings. The Kier molecular flexibility index (Phi) is 5.32. The average molecular weight is 321 g/mol. The number of nitrogens with zero attached hydrogens (tertiary/aromatic N) is 2. The molecule has 120 valence electrons. The smallest absolute Gasteiger partial charge is 0.238 e. The molecule has 1 saturated heterocycles. The number of halogens is 2. The van der Waals surface area contributed by atoms with Crippen LogP contribution in [0.3, 0.4) is 0 Å². The number of aromatic amines is 1. The summed E-state index contributed by atoms with van der Waals surface area (Å²) in [4.78, 5) is 0. The minimum atomic E-state index is -3.49. The third-order valence-electron chi connectivity index (χ3n) is 3.82. The van der Waals surface area contributed by atoms with E-state index in [4.69, 9.17) is 0 Å². The normalized spacial score (nSPS) is 22.6. The highest BCUT2D eigenvalue weighted by atomic mass is 32.2. The standard InChI is InChI=1S/C13H21F2N3O2S/c1-10(7-13(14)15)9-21(19,20)18-6-2-3-11(8-18)12-4-5-16-17-12/h4-5,10-11,13H,2-3,6-9H2,1H3,(H,16,17). The van der Waals surface area contributed by atoms with Crippen molar-refractivity contribution < 1.29 is 17.2 Å². The summed E-state index contributed by atoms with van der Waals surface area (Å²) in [6.07, 6.45) is 0.478. The zero-order chi connectivity index (χ0) is 15.5. The molecule has 1 N–H and O–H groups in total. The number of hydrogen-bond donors (Lipinski definition) is 1. The summed E-state index contributed by atoms with van der Waals surface area (Å²) in [6.45, 7) is 2.42. The topological polar surface area (TPSA) is 66.1 Å². The quantitative estimate of drug-likeness (QED) is 0.873. The predicted molar refractivity (Wildman–Crippen MR) is 75.7 cm³/mol. The Hall–Kier alpha value is -1.02. The van der Waals surface area contributed by atoms with Gasteiger partial charge < -0.3 is 0 Å². The molecule has 1 aliphatic heterocycles. The Bertz CT molecular complexity index is 534. The summed E-state index contributed by atoms with van der Waals surface area (Å²) in [5.41, 5.74) is 0.926. The van der Waals surface area contributed by atoms with Crippen LogP contribution >= 0.6 is 0 Å². The van der Waals surface area contributed by atoms with Crippen LogP contribution in [0.2, 0.25) is 0 Å². The lowest BCUT2D eigenvalue weighted by Crippen LogP contribution is -2.41. The lowest BCUT2D eigenvalue weighted by atomic mass is 9.96. The molecule has 0 spiro atoms. The van der Waals surface area contributed by atoms with Crippen LogP contribution in [0.15, 0.2) is 12.3 Å². The van der Waals surface area contributed by atoms with Crippen LogP contribution in [-0.2, 0) is 10.0 Å². The van der Waals surface area contributed by atoms with Gasteiger partial charge in [0.2, 0.25) is 16.4 Å². The van der Waals surface area contributed by atoms with Gasteiger partial charge in [-0.3, -0.25) is 5.10 Å². The molecule has 21 heavy (non-hydrogen) atoms. The number of aromatic nitrogens is 2. The van der Waals surface area contributed by atoms with Gasteiger partial charge in [-0.1, -0.05) is 6.92 Å². The van der Waals surface area contributed by atoms with E-state index in [9.17, 15) is 17.2 Å². The van der Waals surface area contributed by atoms with Gasteiger partial charge in [-0.25, -0.2) is 21.5 Å². The number of hydrogen-bond acceptors (Lipinski definition) is 3. The second-order valence-electron chi connectivity index (χ2n) is 5.72.